The zero-order valence-electron chi connectivity index (χ0n) is 12.8. The van der Waals surface area contributed by atoms with Gasteiger partial charge in [0.15, 0.2) is 0 Å². The van der Waals surface area contributed by atoms with Crippen molar-refractivity contribution < 1.29 is 14.4 Å². The first-order chi connectivity index (χ1) is 9.31. The molecule has 0 radical (unpaired) electrons. The summed E-state index contributed by atoms with van der Waals surface area (Å²) < 4.78 is 0. The fraction of sp³-hybridized carbons (Fsp3) is 0.769. The van der Waals surface area contributed by atoms with E-state index >= 15 is 0 Å². The summed E-state index contributed by atoms with van der Waals surface area (Å²) >= 11 is 0. The van der Waals surface area contributed by atoms with Crippen molar-refractivity contribution in [2.75, 3.05) is 60.4 Å². The quantitative estimate of drug-likeness (QED) is 0.643. The smallest absolute Gasteiger partial charge is 0.236 e. The van der Waals surface area contributed by atoms with E-state index in [-0.39, 0.29) is 30.8 Å². The van der Waals surface area contributed by atoms with E-state index in [0.717, 1.165) is 0 Å². The van der Waals surface area contributed by atoms with Crippen molar-refractivity contribution in [3.63, 3.8) is 0 Å². The average Bonchev–Trinajstić information content (AvgIpc) is 2.38. The highest BCUT2D eigenvalue weighted by Crippen LogP contribution is 2.03. The van der Waals surface area contributed by atoms with Crippen LogP contribution in [0.15, 0.2) is 0 Å². The summed E-state index contributed by atoms with van der Waals surface area (Å²) in [6.45, 7) is 4.29. The van der Waals surface area contributed by atoms with Crippen molar-refractivity contribution >= 4 is 17.7 Å². The third-order valence-electron chi connectivity index (χ3n) is 3.39. The number of hydrogen-bond donors (Lipinski definition) is 0. The lowest BCUT2D eigenvalue weighted by molar-refractivity contribution is -0.139. The van der Waals surface area contributed by atoms with Gasteiger partial charge in [0.05, 0.1) is 13.1 Å². The van der Waals surface area contributed by atoms with Crippen molar-refractivity contribution in [3.8, 4) is 0 Å². The van der Waals surface area contributed by atoms with E-state index in [4.69, 9.17) is 0 Å². The molecule has 1 heterocycles. The predicted octanol–water partition coefficient (Wildman–Crippen LogP) is -1.30. The summed E-state index contributed by atoms with van der Waals surface area (Å²) in [7, 11) is 5.14. The van der Waals surface area contributed by atoms with Crippen LogP contribution in [0.25, 0.3) is 0 Å². The van der Waals surface area contributed by atoms with E-state index in [9.17, 15) is 14.4 Å². The van der Waals surface area contributed by atoms with Gasteiger partial charge in [0, 0.05) is 47.2 Å². The highest BCUT2D eigenvalue weighted by Gasteiger charge is 2.23. The van der Waals surface area contributed by atoms with Gasteiger partial charge in [-0.1, -0.05) is 0 Å². The fourth-order valence-electron chi connectivity index (χ4n) is 2.03. The Hall–Kier alpha value is -1.63. The summed E-state index contributed by atoms with van der Waals surface area (Å²) in [6, 6.07) is 0. The van der Waals surface area contributed by atoms with Gasteiger partial charge >= 0.3 is 0 Å². The van der Waals surface area contributed by atoms with Gasteiger partial charge in [-0.2, -0.15) is 0 Å². The Balaban J connectivity index is 2.36. The number of piperazine rings is 1. The maximum Gasteiger partial charge on any atom is 0.236 e. The van der Waals surface area contributed by atoms with Crippen LogP contribution in [-0.2, 0) is 14.4 Å². The molecule has 1 aliphatic rings. The molecular weight excluding hydrogens is 260 g/mol. The summed E-state index contributed by atoms with van der Waals surface area (Å²) in [5.74, 6) is 0.0229. The van der Waals surface area contributed by atoms with E-state index in [1.165, 1.54) is 11.8 Å². The molecule has 1 fully saturated rings. The van der Waals surface area contributed by atoms with Crippen LogP contribution < -0.4 is 0 Å². The monoisotopic (exact) mass is 284 g/mol. The van der Waals surface area contributed by atoms with Crippen molar-refractivity contribution in [2.24, 2.45) is 0 Å². The number of likely N-dealkylation sites (N-methyl/N-ethyl adjacent to an activating group) is 2. The number of nitrogens with zero attached hydrogens (tertiary/aromatic N) is 4. The number of carbonyl (C=O) groups is 3. The lowest BCUT2D eigenvalue weighted by Crippen LogP contribution is -2.52. The minimum Gasteiger partial charge on any atom is -0.348 e. The van der Waals surface area contributed by atoms with Gasteiger partial charge in [-0.3, -0.25) is 19.3 Å². The molecule has 114 valence electrons. The van der Waals surface area contributed by atoms with Gasteiger partial charge in [0.25, 0.3) is 0 Å². The first kappa shape index (κ1) is 16.4. The maximum absolute atomic E-state index is 12.1. The van der Waals surface area contributed by atoms with Gasteiger partial charge in [-0.05, 0) is 7.05 Å². The molecule has 0 bridgehead atoms. The first-order valence-electron chi connectivity index (χ1n) is 6.73. The third-order valence-corrected chi connectivity index (χ3v) is 3.39. The SMILES string of the molecule is CC(=O)N1CCN(C(=O)CN(C)CC(=O)N(C)C)CC1. The Labute approximate surface area is 120 Å². The molecule has 0 N–H and O–H groups in total. The molecule has 7 heteroatoms. The van der Waals surface area contributed by atoms with Gasteiger partial charge in [-0.25, -0.2) is 0 Å². The second-order valence-corrected chi connectivity index (χ2v) is 5.35. The van der Waals surface area contributed by atoms with E-state index < -0.39 is 0 Å². The third kappa shape index (κ3) is 4.80. The number of hydrogen-bond acceptors (Lipinski definition) is 4. The average molecular weight is 284 g/mol. The van der Waals surface area contributed by atoms with Gasteiger partial charge in [0.2, 0.25) is 17.7 Å². The lowest BCUT2D eigenvalue weighted by atomic mass is 10.3. The summed E-state index contributed by atoms with van der Waals surface area (Å²) in [5.41, 5.74) is 0. The minimum absolute atomic E-state index is 0.00209. The van der Waals surface area contributed by atoms with Gasteiger partial charge in [-0.15, -0.1) is 0 Å². The fourth-order valence-corrected chi connectivity index (χ4v) is 2.03. The summed E-state index contributed by atoms with van der Waals surface area (Å²) in [5, 5.41) is 0. The molecule has 1 saturated heterocycles. The highest BCUT2D eigenvalue weighted by atomic mass is 16.2. The molecule has 1 aliphatic heterocycles. The van der Waals surface area contributed by atoms with Crippen LogP contribution >= 0.6 is 0 Å². The lowest BCUT2D eigenvalue weighted by Gasteiger charge is -2.35. The van der Waals surface area contributed by atoms with Crippen LogP contribution in [0.1, 0.15) is 6.92 Å². The number of carbonyl (C=O) groups excluding carboxylic acids is 3. The molecule has 0 aliphatic carbocycles. The first-order valence-corrected chi connectivity index (χ1v) is 6.73. The van der Waals surface area contributed by atoms with Crippen LogP contribution in [0.3, 0.4) is 0 Å². The second-order valence-electron chi connectivity index (χ2n) is 5.35. The van der Waals surface area contributed by atoms with Gasteiger partial charge < -0.3 is 14.7 Å². The minimum atomic E-state index is -0.0262. The highest BCUT2D eigenvalue weighted by molar-refractivity contribution is 5.81. The number of rotatable bonds is 4. The zero-order valence-corrected chi connectivity index (χ0v) is 12.8. The Morgan fingerprint density at radius 3 is 1.85 bits per heavy atom. The van der Waals surface area contributed by atoms with E-state index in [1.807, 2.05) is 0 Å². The molecule has 0 atom stereocenters. The maximum atomic E-state index is 12.1. The van der Waals surface area contributed by atoms with Crippen LogP contribution in [0.5, 0.6) is 0 Å². The van der Waals surface area contributed by atoms with Crippen molar-refractivity contribution in [3.05, 3.63) is 0 Å². The van der Waals surface area contributed by atoms with E-state index in [2.05, 4.69) is 0 Å². The van der Waals surface area contributed by atoms with Crippen LogP contribution in [0.4, 0.5) is 0 Å². The molecule has 20 heavy (non-hydrogen) atoms. The standard InChI is InChI=1S/C13H24N4O3/c1-11(18)16-5-7-17(8-6-16)13(20)10-15(4)9-12(19)14(2)3/h5-10H2,1-4H3. The molecule has 7 nitrogen and oxygen atoms in total. The van der Waals surface area contributed by atoms with Gasteiger partial charge in [0.1, 0.15) is 0 Å². The van der Waals surface area contributed by atoms with E-state index in [0.29, 0.717) is 26.2 Å². The Kier molecular flexibility index (Phi) is 5.94. The Morgan fingerprint density at radius 2 is 1.40 bits per heavy atom. The molecule has 0 unspecified atom stereocenters. The summed E-state index contributed by atoms with van der Waals surface area (Å²) in [6.07, 6.45) is 0. The molecule has 0 spiro atoms. The normalized spacial score (nSPS) is 15.4. The largest absolute Gasteiger partial charge is 0.348 e. The molecule has 1 rings (SSSR count). The molecule has 0 saturated carbocycles. The van der Waals surface area contributed by atoms with Crippen molar-refractivity contribution in [2.45, 2.75) is 6.92 Å². The van der Waals surface area contributed by atoms with Crippen LogP contribution in [0.2, 0.25) is 0 Å². The van der Waals surface area contributed by atoms with Crippen molar-refractivity contribution in [1.29, 1.82) is 0 Å². The molecule has 0 aromatic heterocycles. The Morgan fingerprint density at radius 1 is 0.900 bits per heavy atom. The molecule has 0 aromatic rings. The Bertz CT molecular complexity index is 376. The predicted molar refractivity (Wildman–Crippen MR) is 75.0 cm³/mol. The second kappa shape index (κ2) is 7.23. The summed E-state index contributed by atoms with van der Waals surface area (Å²) in [4.78, 5) is 41.5. The zero-order chi connectivity index (χ0) is 15.3. The topological polar surface area (TPSA) is 64.2 Å². The van der Waals surface area contributed by atoms with E-state index in [1.54, 1.807) is 35.8 Å². The molecule has 0 aromatic carbocycles. The van der Waals surface area contributed by atoms with Crippen LogP contribution in [0, 0.1) is 0 Å². The molecular formula is C13H24N4O3. The van der Waals surface area contributed by atoms with Crippen LogP contribution in [-0.4, -0.2) is 97.7 Å². The molecule has 3 amide bonds. The number of amides is 3. The van der Waals surface area contributed by atoms with Crippen molar-refractivity contribution in [1.82, 2.24) is 19.6 Å².